The Morgan fingerprint density at radius 2 is 1.33 bits per heavy atom. The second-order valence-corrected chi connectivity index (χ2v) is 10.9. The predicted molar refractivity (Wildman–Crippen MR) is 148 cm³/mol. The normalized spacial score (nSPS) is 22.8. The molecule has 0 aliphatic heterocycles. The number of hydrogen-bond acceptors (Lipinski definition) is 1. The Morgan fingerprint density at radius 3 is 1.88 bits per heavy atom. The van der Waals surface area contributed by atoms with E-state index in [1.54, 1.807) is 0 Å². The van der Waals surface area contributed by atoms with Crippen molar-refractivity contribution in [3.8, 4) is 0 Å². The van der Waals surface area contributed by atoms with Crippen LogP contribution in [0, 0.1) is 11.8 Å². The molecule has 0 saturated carbocycles. The van der Waals surface area contributed by atoms with Gasteiger partial charge in [-0.05, 0) is 133 Å². The molecular formula is C32H52O. The van der Waals surface area contributed by atoms with Crippen molar-refractivity contribution in [3.05, 3.63) is 70.4 Å². The molecule has 1 N–H and O–H groups in total. The fourth-order valence-corrected chi connectivity index (χ4v) is 4.73. The van der Waals surface area contributed by atoms with E-state index in [1.165, 1.54) is 39.0 Å². The fourth-order valence-electron chi connectivity index (χ4n) is 4.73. The summed E-state index contributed by atoms with van der Waals surface area (Å²) in [7, 11) is 0. The Hall–Kier alpha value is -1.60. The summed E-state index contributed by atoms with van der Waals surface area (Å²) in [6, 6.07) is 0. The van der Waals surface area contributed by atoms with Crippen molar-refractivity contribution in [2.75, 3.05) is 0 Å². The van der Waals surface area contributed by atoms with Crippen LogP contribution in [0.4, 0.5) is 0 Å². The lowest BCUT2D eigenvalue weighted by atomic mass is 9.69. The van der Waals surface area contributed by atoms with Crippen molar-refractivity contribution < 1.29 is 5.11 Å². The number of aliphatic hydroxyl groups is 1. The van der Waals surface area contributed by atoms with Crippen LogP contribution >= 0.6 is 0 Å². The summed E-state index contributed by atoms with van der Waals surface area (Å²) in [5, 5.41) is 11.0. The molecule has 0 aromatic rings. The maximum absolute atomic E-state index is 11.0. The van der Waals surface area contributed by atoms with Crippen LogP contribution in [-0.2, 0) is 0 Å². The van der Waals surface area contributed by atoms with Gasteiger partial charge in [-0.2, -0.15) is 0 Å². The summed E-state index contributed by atoms with van der Waals surface area (Å²) in [6.07, 6.45) is 16.3. The van der Waals surface area contributed by atoms with Gasteiger partial charge in [0.2, 0.25) is 0 Å². The monoisotopic (exact) mass is 452 g/mol. The van der Waals surface area contributed by atoms with E-state index >= 15 is 0 Å². The van der Waals surface area contributed by atoms with Crippen LogP contribution in [0.25, 0.3) is 0 Å². The molecule has 0 aromatic carbocycles. The van der Waals surface area contributed by atoms with Gasteiger partial charge in [0, 0.05) is 0 Å². The lowest BCUT2D eigenvalue weighted by molar-refractivity contribution is 0.0362. The Labute approximate surface area is 206 Å². The smallest absolute Gasteiger partial charge is 0.0623 e. The quantitative estimate of drug-likeness (QED) is 0.276. The van der Waals surface area contributed by atoms with Crippen LogP contribution in [0.3, 0.4) is 0 Å². The molecular weight excluding hydrogens is 400 g/mol. The van der Waals surface area contributed by atoms with Crippen LogP contribution in [0.5, 0.6) is 0 Å². The van der Waals surface area contributed by atoms with E-state index in [-0.39, 0.29) is 0 Å². The van der Waals surface area contributed by atoms with Crippen LogP contribution in [0.1, 0.15) is 113 Å². The van der Waals surface area contributed by atoms with E-state index in [9.17, 15) is 5.11 Å². The Bertz CT molecular complexity index is 796. The molecule has 1 aliphatic carbocycles. The van der Waals surface area contributed by atoms with E-state index in [0.29, 0.717) is 11.8 Å². The zero-order chi connectivity index (χ0) is 25.2. The summed E-state index contributed by atoms with van der Waals surface area (Å²) < 4.78 is 0. The summed E-state index contributed by atoms with van der Waals surface area (Å²) in [4.78, 5) is 0. The highest BCUT2D eigenvalue weighted by molar-refractivity contribution is 5.47. The molecule has 0 saturated heterocycles. The molecule has 3 unspecified atom stereocenters. The van der Waals surface area contributed by atoms with Gasteiger partial charge in [0.15, 0.2) is 0 Å². The summed E-state index contributed by atoms with van der Waals surface area (Å²) in [5.41, 5.74) is 8.83. The Kier molecular flexibility index (Phi) is 12.4. The molecule has 1 rings (SSSR count). The molecule has 0 radical (unpaired) electrons. The van der Waals surface area contributed by atoms with E-state index in [2.05, 4.69) is 79.9 Å². The van der Waals surface area contributed by atoms with E-state index in [4.69, 9.17) is 0 Å². The highest BCUT2D eigenvalue weighted by atomic mass is 16.3. The first kappa shape index (κ1) is 29.4. The van der Waals surface area contributed by atoms with Gasteiger partial charge < -0.3 is 5.11 Å². The Morgan fingerprint density at radius 1 is 0.848 bits per heavy atom. The third-order valence-electron chi connectivity index (χ3n) is 7.92. The minimum Gasteiger partial charge on any atom is -0.390 e. The van der Waals surface area contributed by atoms with Gasteiger partial charge in [-0.3, -0.25) is 0 Å². The van der Waals surface area contributed by atoms with Crippen molar-refractivity contribution in [1.82, 2.24) is 0 Å². The Balaban J connectivity index is 2.44. The molecule has 0 heterocycles. The zero-order valence-electron chi connectivity index (χ0n) is 23.1. The van der Waals surface area contributed by atoms with Crippen LogP contribution in [-0.4, -0.2) is 10.7 Å². The molecule has 1 heteroatoms. The second kappa shape index (κ2) is 14.0. The van der Waals surface area contributed by atoms with Gasteiger partial charge >= 0.3 is 0 Å². The van der Waals surface area contributed by atoms with Crippen molar-refractivity contribution in [1.29, 1.82) is 0 Å². The van der Waals surface area contributed by atoms with Gasteiger partial charge in [-0.1, -0.05) is 62.0 Å². The molecule has 3 atom stereocenters. The molecule has 1 aliphatic rings. The number of rotatable bonds is 13. The summed E-state index contributed by atoms with van der Waals surface area (Å²) in [5.74, 6) is 0.795. The minimum absolute atomic E-state index is 0.390. The van der Waals surface area contributed by atoms with Gasteiger partial charge in [-0.15, -0.1) is 0 Å². The van der Waals surface area contributed by atoms with E-state index in [1.807, 2.05) is 6.92 Å². The van der Waals surface area contributed by atoms with E-state index < -0.39 is 5.60 Å². The highest BCUT2D eigenvalue weighted by Crippen LogP contribution is 2.43. The average molecular weight is 453 g/mol. The van der Waals surface area contributed by atoms with Crippen molar-refractivity contribution in [2.24, 2.45) is 11.8 Å². The van der Waals surface area contributed by atoms with Gasteiger partial charge in [0.1, 0.15) is 0 Å². The molecule has 0 amide bonds. The van der Waals surface area contributed by atoms with Gasteiger partial charge in [-0.25, -0.2) is 0 Å². The van der Waals surface area contributed by atoms with Crippen molar-refractivity contribution in [2.45, 2.75) is 119 Å². The first-order chi connectivity index (χ1) is 15.4. The van der Waals surface area contributed by atoms with Crippen LogP contribution in [0.2, 0.25) is 0 Å². The first-order valence-electron chi connectivity index (χ1n) is 13.1. The third kappa shape index (κ3) is 10.0. The predicted octanol–water partition coefficient (Wildman–Crippen LogP) is 9.82. The fraction of sp³-hybridized carbons (Fsp3) is 0.625. The third-order valence-corrected chi connectivity index (χ3v) is 7.92. The van der Waals surface area contributed by atoms with Gasteiger partial charge in [0.05, 0.1) is 5.60 Å². The average Bonchev–Trinajstić information content (AvgIpc) is 2.76. The SMILES string of the molecule is C=C1C(C)=C(C)C(=C)C(CCC(C)(O)CC/C=C(\C)CC/C=C(\C)CC/C=C(\C)CC)C1C. The summed E-state index contributed by atoms with van der Waals surface area (Å²) >= 11 is 0. The first-order valence-corrected chi connectivity index (χ1v) is 13.1. The second-order valence-electron chi connectivity index (χ2n) is 10.9. The van der Waals surface area contributed by atoms with Crippen molar-refractivity contribution in [3.63, 3.8) is 0 Å². The van der Waals surface area contributed by atoms with Crippen molar-refractivity contribution >= 4 is 0 Å². The maximum Gasteiger partial charge on any atom is 0.0623 e. The molecule has 0 spiro atoms. The molecule has 1 nitrogen and oxygen atoms in total. The largest absolute Gasteiger partial charge is 0.390 e. The van der Waals surface area contributed by atoms with E-state index in [0.717, 1.165) is 57.8 Å². The maximum atomic E-state index is 11.0. The van der Waals surface area contributed by atoms with Crippen LogP contribution in [0.15, 0.2) is 70.4 Å². The molecule has 0 fully saturated rings. The number of hydrogen-bond donors (Lipinski definition) is 1. The topological polar surface area (TPSA) is 20.2 Å². The number of allylic oxidation sites excluding steroid dienone is 10. The van der Waals surface area contributed by atoms with Crippen LogP contribution < -0.4 is 0 Å². The minimum atomic E-state index is -0.636. The zero-order valence-corrected chi connectivity index (χ0v) is 23.1. The molecule has 33 heavy (non-hydrogen) atoms. The lowest BCUT2D eigenvalue weighted by Crippen LogP contribution is -2.28. The van der Waals surface area contributed by atoms with Gasteiger partial charge in [0.25, 0.3) is 0 Å². The molecule has 0 bridgehead atoms. The standard InChI is InChI=1S/C32H52O/c1-11-23(2)15-12-16-24(3)17-13-18-25(4)19-14-21-32(10,33)22-20-31-29(8)27(6)26(5)28(7)30(31)9/h15,17,19,29,31,33H,6,9,11-14,16,18,20-22H2,1-5,7-8,10H3/b23-15+,24-17+,25-19+. The summed E-state index contributed by atoms with van der Waals surface area (Å²) in [6.45, 7) is 26.2. The molecule has 0 aromatic heterocycles. The highest BCUT2D eigenvalue weighted by Gasteiger charge is 2.31. The lowest BCUT2D eigenvalue weighted by Gasteiger charge is -2.36. The molecule has 186 valence electrons.